The quantitative estimate of drug-likeness (QED) is 0.699. The van der Waals surface area contributed by atoms with Crippen molar-refractivity contribution in [2.75, 3.05) is 0 Å². The van der Waals surface area contributed by atoms with Gasteiger partial charge in [-0.3, -0.25) is 0 Å². The lowest BCUT2D eigenvalue weighted by molar-refractivity contribution is 0.835. The molecule has 0 atom stereocenters. The molecule has 1 nitrogen and oxygen atoms in total. The van der Waals surface area contributed by atoms with Crippen molar-refractivity contribution in [1.82, 2.24) is 0 Å². The van der Waals surface area contributed by atoms with Gasteiger partial charge in [0.15, 0.2) is 0 Å². The Bertz CT molecular complexity index is 331. The number of halogens is 1. The van der Waals surface area contributed by atoms with Crippen LogP contribution in [0.4, 0.5) is 0 Å². The zero-order chi connectivity index (χ0) is 8.55. The molecule has 0 saturated carbocycles. The molecule has 12 heavy (non-hydrogen) atoms. The molecule has 1 aliphatic carbocycles. The van der Waals surface area contributed by atoms with Crippen LogP contribution in [0, 0.1) is 5.41 Å². The van der Waals surface area contributed by atoms with E-state index in [1.165, 1.54) is 5.56 Å². The van der Waals surface area contributed by atoms with Crippen molar-refractivity contribution < 1.29 is 0 Å². The minimum absolute atomic E-state index is 0.789. The zero-order valence-electron chi connectivity index (χ0n) is 6.73. The van der Waals surface area contributed by atoms with Crippen LogP contribution in [0.2, 0.25) is 0 Å². The van der Waals surface area contributed by atoms with Gasteiger partial charge in [-0.05, 0) is 42.5 Å². The second-order valence-corrected chi connectivity index (χ2v) is 4.05. The third-order valence-electron chi connectivity index (χ3n) is 2.27. The van der Waals surface area contributed by atoms with Crippen LogP contribution in [0.5, 0.6) is 0 Å². The van der Waals surface area contributed by atoms with Gasteiger partial charge in [-0.2, -0.15) is 0 Å². The average molecular weight is 224 g/mol. The molecule has 1 aromatic rings. The molecule has 0 aromatic heterocycles. The summed E-state index contributed by atoms with van der Waals surface area (Å²) in [6.45, 7) is 0. The van der Waals surface area contributed by atoms with E-state index in [1.54, 1.807) is 0 Å². The number of aryl methyl sites for hydroxylation is 1. The molecule has 0 unspecified atom stereocenters. The third kappa shape index (κ3) is 1.31. The fraction of sp³-hybridized carbons (Fsp3) is 0.300. The lowest BCUT2D eigenvalue weighted by Gasteiger charge is -2.16. The first-order valence-corrected chi connectivity index (χ1v) is 4.93. The van der Waals surface area contributed by atoms with Crippen molar-refractivity contribution in [3.05, 3.63) is 33.8 Å². The van der Waals surface area contributed by atoms with E-state index >= 15 is 0 Å². The first kappa shape index (κ1) is 7.99. The van der Waals surface area contributed by atoms with Gasteiger partial charge in [-0.25, -0.2) is 0 Å². The molecule has 0 fully saturated rings. The predicted octanol–water partition coefficient (Wildman–Crippen LogP) is 3.15. The summed E-state index contributed by atoms with van der Waals surface area (Å²) in [5.74, 6) is 0. The highest BCUT2D eigenvalue weighted by molar-refractivity contribution is 9.10. The molecule has 2 rings (SSSR count). The van der Waals surface area contributed by atoms with Crippen molar-refractivity contribution in [2.45, 2.75) is 19.3 Å². The normalized spacial score (nSPS) is 15.9. The van der Waals surface area contributed by atoms with Crippen molar-refractivity contribution in [3.8, 4) is 0 Å². The summed E-state index contributed by atoms with van der Waals surface area (Å²) >= 11 is 3.42. The largest absolute Gasteiger partial charge is 0.305 e. The Morgan fingerprint density at radius 2 is 2.08 bits per heavy atom. The minimum atomic E-state index is 0.789. The second kappa shape index (κ2) is 3.02. The maximum atomic E-state index is 7.75. The van der Waals surface area contributed by atoms with Crippen LogP contribution >= 0.6 is 15.9 Å². The number of benzene rings is 1. The molecule has 1 aliphatic rings. The highest BCUT2D eigenvalue weighted by Gasteiger charge is 2.13. The van der Waals surface area contributed by atoms with Gasteiger partial charge in [-0.1, -0.05) is 22.0 Å². The fourth-order valence-electron chi connectivity index (χ4n) is 1.64. The second-order valence-electron chi connectivity index (χ2n) is 3.13. The van der Waals surface area contributed by atoms with Gasteiger partial charge >= 0.3 is 0 Å². The molecule has 0 bridgehead atoms. The molecule has 0 spiro atoms. The summed E-state index contributed by atoms with van der Waals surface area (Å²) in [4.78, 5) is 0. The molecule has 62 valence electrons. The predicted molar refractivity (Wildman–Crippen MR) is 53.9 cm³/mol. The Kier molecular flexibility index (Phi) is 2.01. The van der Waals surface area contributed by atoms with E-state index in [-0.39, 0.29) is 0 Å². The van der Waals surface area contributed by atoms with E-state index < -0.39 is 0 Å². The van der Waals surface area contributed by atoms with E-state index in [2.05, 4.69) is 34.1 Å². The molecular formula is C10H10BrN. The van der Waals surface area contributed by atoms with Gasteiger partial charge in [0.25, 0.3) is 0 Å². The van der Waals surface area contributed by atoms with Gasteiger partial charge in [0.2, 0.25) is 0 Å². The third-order valence-corrected chi connectivity index (χ3v) is 2.76. The summed E-state index contributed by atoms with van der Waals surface area (Å²) in [7, 11) is 0. The number of rotatable bonds is 0. The van der Waals surface area contributed by atoms with Crippen LogP contribution in [0.3, 0.4) is 0 Å². The van der Waals surface area contributed by atoms with Gasteiger partial charge in [0, 0.05) is 10.2 Å². The van der Waals surface area contributed by atoms with Crippen molar-refractivity contribution in [3.63, 3.8) is 0 Å². The lowest BCUT2D eigenvalue weighted by atomic mass is 9.90. The Morgan fingerprint density at radius 3 is 2.92 bits per heavy atom. The van der Waals surface area contributed by atoms with E-state index in [9.17, 15) is 0 Å². The first-order valence-electron chi connectivity index (χ1n) is 4.13. The Balaban J connectivity index is 2.54. The molecule has 0 radical (unpaired) electrons. The number of hydrogen-bond acceptors (Lipinski definition) is 1. The SMILES string of the molecule is N=C1CCCc2ccc(Br)cc21. The summed E-state index contributed by atoms with van der Waals surface area (Å²) in [6.07, 6.45) is 3.20. The Labute approximate surface area is 80.4 Å². The van der Waals surface area contributed by atoms with Crippen molar-refractivity contribution >= 4 is 21.6 Å². The molecule has 0 amide bonds. The lowest BCUT2D eigenvalue weighted by Crippen LogP contribution is -2.10. The van der Waals surface area contributed by atoms with Crippen LogP contribution in [-0.2, 0) is 6.42 Å². The molecular weight excluding hydrogens is 214 g/mol. The van der Waals surface area contributed by atoms with Gasteiger partial charge in [0.1, 0.15) is 0 Å². The molecule has 0 heterocycles. The van der Waals surface area contributed by atoms with E-state index in [1.807, 2.05) is 0 Å². The Hall–Kier alpha value is -0.630. The summed E-state index contributed by atoms with van der Waals surface area (Å²) < 4.78 is 1.08. The van der Waals surface area contributed by atoms with Crippen LogP contribution in [0.15, 0.2) is 22.7 Å². The monoisotopic (exact) mass is 223 g/mol. The van der Waals surface area contributed by atoms with Crippen LogP contribution in [0.25, 0.3) is 0 Å². The molecule has 1 N–H and O–H groups in total. The molecule has 2 heteroatoms. The number of fused-ring (bicyclic) bond motifs is 1. The van der Waals surface area contributed by atoms with E-state index in [4.69, 9.17) is 5.41 Å². The molecule has 0 aliphatic heterocycles. The highest BCUT2D eigenvalue weighted by atomic mass is 79.9. The van der Waals surface area contributed by atoms with Crippen molar-refractivity contribution in [2.24, 2.45) is 0 Å². The van der Waals surface area contributed by atoms with Crippen molar-refractivity contribution in [1.29, 1.82) is 5.41 Å². The Morgan fingerprint density at radius 1 is 1.25 bits per heavy atom. The summed E-state index contributed by atoms with van der Waals surface area (Å²) in [6, 6.07) is 6.22. The highest BCUT2D eigenvalue weighted by Crippen LogP contribution is 2.24. The number of hydrogen-bond donors (Lipinski definition) is 1. The maximum Gasteiger partial charge on any atom is 0.0389 e. The van der Waals surface area contributed by atoms with Gasteiger partial charge in [0.05, 0.1) is 0 Å². The van der Waals surface area contributed by atoms with Gasteiger partial charge < -0.3 is 5.41 Å². The maximum absolute atomic E-state index is 7.75. The summed E-state index contributed by atoms with van der Waals surface area (Å²) in [5.41, 5.74) is 3.25. The fourth-order valence-corrected chi connectivity index (χ4v) is 2.00. The van der Waals surface area contributed by atoms with E-state index in [0.29, 0.717) is 0 Å². The van der Waals surface area contributed by atoms with Crippen LogP contribution in [0.1, 0.15) is 24.0 Å². The standard InChI is InChI=1S/C10H10BrN/c11-8-5-4-7-2-1-3-10(12)9(7)6-8/h4-6,12H,1-3H2. The molecule has 1 aromatic carbocycles. The molecule has 0 saturated heterocycles. The minimum Gasteiger partial charge on any atom is -0.305 e. The summed E-state index contributed by atoms with van der Waals surface area (Å²) in [5, 5.41) is 7.75. The van der Waals surface area contributed by atoms with Crippen LogP contribution < -0.4 is 0 Å². The van der Waals surface area contributed by atoms with E-state index in [0.717, 1.165) is 35.0 Å². The average Bonchev–Trinajstić information content (AvgIpc) is 2.07. The first-order chi connectivity index (χ1) is 5.77. The number of nitrogens with one attached hydrogen (secondary N) is 1. The van der Waals surface area contributed by atoms with Crippen LogP contribution in [-0.4, -0.2) is 5.71 Å². The zero-order valence-corrected chi connectivity index (χ0v) is 8.32. The van der Waals surface area contributed by atoms with Gasteiger partial charge in [-0.15, -0.1) is 0 Å². The smallest absolute Gasteiger partial charge is 0.0389 e. The topological polar surface area (TPSA) is 23.9 Å².